The number of carbonyl (C=O) groups is 1. The summed E-state index contributed by atoms with van der Waals surface area (Å²) in [6.45, 7) is 5.91. The summed E-state index contributed by atoms with van der Waals surface area (Å²) in [4.78, 5) is 34.2. The normalized spacial score (nSPS) is 19.1. The summed E-state index contributed by atoms with van der Waals surface area (Å²) in [6.07, 6.45) is 4.04. The molecule has 1 aliphatic carbocycles. The van der Waals surface area contributed by atoms with Gasteiger partial charge in [-0.25, -0.2) is 14.6 Å². The first-order valence-electron chi connectivity index (χ1n) is 11.0. The topological polar surface area (TPSA) is 96.2 Å². The van der Waals surface area contributed by atoms with Gasteiger partial charge >= 0.3 is 5.97 Å². The second-order valence-corrected chi connectivity index (χ2v) is 8.89. The van der Waals surface area contributed by atoms with Crippen LogP contribution < -0.4 is 14.9 Å². The second kappa shape index (κ2) is 9.34. The number of hydrogen-bond acceptors (Lipinski definition) is 6. The molecule has 172 valence electrons. The lowest BCUT2D eigenvalue weighted by molar-refractivity contribution is -0.347. The lowest BCUT2D eigenvalue weighted by Gasteiger charge is -2.34. The van der Waals surface area contributed by atoms with E-state index in [0.717, 1.165) is 24.0 Å². The molecule has 1 fully saturated rings. The van der Waals surface area contributed by atoms with E-state index in [1.54, 1.807) is 7.11 Å². The lowest BCUT2D eigenvalue weighted by atomic mass is 9.83. The van der Waals surface area contributed by atoms with Crippen LogP contribution in [0.15, 0.2) is 29.2 Å². The van der Waals surface area contributed by atoms with Gasteiger partial charge in [-0.15, -0.1) is 0 Å². The number of aromatic nitrogens is 1. The highest BCUT2D eigenvalue weighted by molar-refractivity contribution is 5.87. The van der Waals surface area contributed by atoms with Gasteiger partial charge in [-0.2, -0.15) is 0 Å². The summed E-state index contributed by atoms with van der Waals surface area (Å²) < 4.78 is 13.4. The molecular formula is C24H29NO7. The van der Waals surface area contributed by atoms with Crippen LogP contribution in [-0.2, 0) is 22.7 Å². The van der Waals surface area contributed by atoms with Crippen molar-refractivity contribution >= 4 is 5.97 Å². The molecular weight excluding hydrogens is 414 g/mol. The zero-order chi connectivity index (χ0) is 22.8. The quantitative estimate of drug-likeness (QED) is 0.468. The van der Waals surface area contributed by atoms with Crippen molar-refractivity contribution in [3.63, 3.8) is 0 Å². The number of aryl methyl sites for hydroxylation is 2. The van der Waals surface area contributed by atoms with Gasteiger partial charge in [0.25, 0.3) is 0 Å². The molecule has 32 heavy (non-hydrogen) atoms. The fourth-order valence-electron chi connectivity index (χ4n) is 4.08. The summed E-state index contributed by atoms with van der Waals surface area (Å²) in [5.41, 5.74) is 1.86. The van der Waals surface area contributed by atoms with Crippen molar-refractivity contribution in [1.29, 1.82) is 0 Å². The zero-order valence-corrected chi connectivity index (χ0v) is 18.6. The molecule has 1 aromatic carbocycles. The molecule has 2 heterocycles. The molecule has 0 spiro atoms. The maximum Gasteiger partial charge on any atom is 0.341 e. The van der Waals surface area contributed by atoms with Gasteiger partial charge in [0.1, 0.15) is 5.56 Å². The first-order chi connectivity index (χ1) is 15.4. The van der Waals surface area contributed by atoms with Crippen molar-refractivity contribution in [2.75, 3.05) is 20.3 Å². The second-order valence-electron chi connectivity index (χ2n) is 8.89. The molecule has 1 saturated carbocycles. The van der Waals surface area contributed by atoms with Crippen molar-refractivity contribution in [2.24, 2.45) is 11.8 Å². The maximum absolute atomic E-state index is 12.2. The molecule has 2 aliphatic rings. The third-order valence-corrected chi connectivity index (χ3v) is 5.92. The van der Waals surface area contributed by atoms with E-state index in [-0.39, 0.29) is 11.7 Å². The van der Waals surface area contributed by atoms with Crippen LogP contribution in [0.5, 0.6) is 11.5 Å². The van der Waals surface area contributed by atoms with Crippen LogP contribution in [0.4, 0.5) is 0 Å². The molecule has 2 aromatic rings. The van der Waals surface area contributed by atoms with E-state index >= 15 is 0 Å². The highest BCUT2D eigenvalue weighted by atomic mass is 17.2. The van der Waals surface area contributed by atoms with Crippen LogP contribution >= 0.6 is 0 Å². The number of fused-ring (bicyclic) bond motifs is 3. The van der Waals surface area contributed by atoms with Crippen molar-refractivity contribution in [2.45, 2.75) is 45.8 Å². The first-order valence-corrected chi connectivity index (χ1v) is 11.0. The average Bonchev–Trinajstić information content (AvgIpc) is 2.73. The van der Waals surface area contributed by atoms with Gasteiger partial charge in [0, 0.05) is 24.4 Å². The predicted octanol–water partition coefficient (Wildman–Crippen LogP) is 3.54. The van der Waals surface area contributed by atoms with Gasteiger partial charge in [-0.1, -0.05) is 13.8 Å². The summed E-state index contributed by atoms with van der Waals surface area (Å²) in [5.74, 6) is 0.879. The van der Waals surface area contributed by atoms with E-state index in [4.69, 9.17) is 19.2 Å². The standard InChI is InChI=1S/C24H29NO7/c1-14(2)12-31-32-17-6-15(7-17)13-30-23-8-16-4-5-25-11-19(24(27)28)21(26)10-20(25)18(16)9-22(23)29-3/h8-11,14-15,17H,4-7,12-13H2,1-3H3,(H,27,28). The van der Waals surface area contributed by atoms with Gasteiger partial charge in [0.15, 0.2) is 16.9 Å². The Morgan fingerprint density at radius 1 is 1.22 bits per heavy atom. The van der Waals surface area contributed by atoms with Gasteiger partial charge in [0.05, 0.1) is 32.1 Å². The molecule has 0 saturated heterocycles. The fraction of sp³-hybridized carbons (Fsp3) is 0.500. The Bertz CT molecular complexity index is 1050. The minimum atomic E-state index is -1.22. The molecule has 0 atom stereocenters. The summed E-state index contributed by atoms with van der Waals surface area (Å²) in [5, 5.41) is 9.23. The minimum Gasteiger partial charge on any atom is -0.493 e. The van der Waals surface area contributed by atoms with Crippen molar-refractivity contribution in [3.05, 3.63) is 45.7 Å². The fourth-order valence-corrected chi connectivity index (χ4v) is 4.08. The molecule has 1 N–H and O–H groups in total. The van der Waals surface area contributed by atoms with Gasteiger partial charge in [-0.05, 0) is 48.8 Å². The molecule has 0 radical (unpaired) electrons. The van der Waals surface area contributed by atoms with E-state index in [2.05, 4.69) is 13.8 Å². The number of carboxylic acid groups (broad SMARTS) is 1. The number of aromatic carboxylic acids is 1. The number of nitrogens with zero attached hydrogens (tertiary/aromatic N) is 1. The van der Waals surface area contributed by atoms with Gasteiger partial charge in [-0.3, -0.25) is 4.79 Å². The van der Waals surface area contributed by atoms with E-state index in [9.17, 15) is 14.7 Å². The average molecular weight is 443 g/mol. The molecule has 0 unspecified atom stereocenters. The summed E-state index contributed by atoms with van der Waals surface area (Å²) in [7, 11) is 1.58. The molecule has 0 amide bonds. The van der Waals surface area contributed by atoms with E-state index < -0.39 is 11.4 Å². The molecule has 8 nitrogen and oxygen atoms in total. The number of methoxy groups -OCH3 is 1. The van der Waals surface area contributed by atoms with Gasteiger partial charge < -0.3 is 19.1 Å². The molecule has 1 aromatic heterocycles. The SMILES string of the molecule is COc1cc2c(cc1OCC1CC(OOCC(C)C)C1)CCn1cc(C(=O)O)c(=O)cc1-2. The Labute approximate surface area is 186 Å². The monoisotopic (exact) mass is 443 g/mol. The van der Waals surface area contributed by atoms with Crippen LogP contribution in [-0.4, -0.2) is 42.1 Å². The van der Waals surface area contributed by atoms with Gasteiger partial charge in [0.2, 0.25) is 0 Å². The van der Waals surface area contributed by atoms with Crippen molar-refractivity contribution < 1.29 is 29.1 Å². The van der Waals surface area contributed by atoms with E-state index in [1.807, 2.05) is 16.7 Å². The first kappa shape index (κ1) is 22.4. The Balaban J connectivity index is 1.44. The van der Waals surface area contributed by atoms with Crippen LogP contribution in [0.3, 0.4) is 0 Å². The third-order valence-electron chi connectivity index (χ3n) is 5.92. The molecule has 0 bridgehead atoms. The maximum atomic E-state index is 12.2. The molecule has 4 rings (SSSR count). The number of benzene rings is 1. The van der Waals surface area contributed by atoms with E-state index in [0.29, 0.717) is 55.2 Å². The summed E-state index contributed by atoms with van der Waals surface area (Å²) >= 11 is 0. The molecule has 8 heteroatoms. The third kappa shape index (κ3) is 4.66. The number of ether oxygens (including phenoxy) is 2. The van der Waals surface area contributed by atoms with E-state index in [1.165, 1.54) is 12.3 Å². The predicted molar refractivity (Wildman–Crippen MR) is 117 cm³/mol. The Morgan fingerprint density at radius 2 is 2.00 bits per heavy atom. The highest BCUT2D eigenvalue weighted by Crippen LogP contribution is 2.39. The van der Waals surface area contributed by atoms with Crippen molar-refractivity contribution in [3.8, 4) is 22.8 Å². The number of rotatable bonds is 9. The Morgan fingerprint density at radius 3 is 2.69 bits per heavy atom. The van der Waals surface area contributed by atoms with Crippen LogP contribution in [0.25, 0.3) is 11.3 Å². The lowest BCUT2D eigenvalue weighted by Crippen LogP contribution is -2.35. The summed E-state index contributed by atoms with van der Waals surface area (Å²) in [6, 6.07) is 5.21. The minimum absolute atomic E-state index is 0.123. The zero-order valence-electron chi connectivity index (χ0n) is 18.6. The smallest absolute Gasteiger partial charge is 0.341 e. The number of carboxylic acids is 1. The Hall–Kier alpha value is -2.84. The molecule has 1 aliphatic heterocycles. The van der Waals surface area contributed by atoms with Crippen LogP contribution in [0.1, 0.15) is 42.6 Å². The number of hydrogen-bond donors (Lipinski definition) is 1. The van der Waals surface area contributed by atoms with Crippen LogP contribution in [0, 0.1) is 11.8 Å². The highest BCUT2D eigenvalue weighted by Gasteiger charge is 2.32. The largest absolute Gasteiger partial charge is 0.493 e. The Kier molecular flexibility index (Phi) is 6.53. The number of pyridine rings is 1. The van der Waals surface area contributed by atoms with Crippen LogP contribution in [0.2, 0.25) is 0 Å². The van der Waals surface area contributed by atoms with Crippen molar-refractivity contribution in [1.82, 2.24) is 4.57 Å².